The Hall–Kier alpha value is -1.67. The standard InChI is InChI=1S/C11H14N4O2S2/c12-9-2-1-3-11(6-9)18-4-5-19(16,17)15-10-7-13-14-8-10/h1-3,6-8,15H,4-5,12H2,(H,13,14). The number of aromatic nitrogens is 2. The molecule has 8 heteroatoms. The van der Waals surface area contributed by atoms with Crippen molar-refractivity contribution in [3.8, 4) is 0 Å². The van der Waals surface area contributed by atoms with Gasteiger partial charge in [0.15, 0.2) is 0 Å². The van der Waals surface area contributed by atoms with E-state index < -0.39 is 10.0 Å². The van der Waals surface area contributed by atoms with E-state index in [0.717, 1.165) is 4.90 Å². The zero-order valence-electron chi connectivity index (χ0n) is 10.0. The van der Waals surface area contributed by atoms with Crippen molar-refractivity contribution in [2.45, 2.75) is 4.90 Å². The molecule has 0 saturated carbocycles. The van der Waals surface area contributed by atoms with Crippen molar-refractivity contribution < 1.29 is 8.42 Å². The Labute approximate surface area is 115 Å². The minimum absolute atomic E-state index is 0.0254. The Morgan fingerprint density at radius 1 is 1.42 bits per heavy atom. The largest absolute Gasteiger partial charge is 0.399 e. The number of H-pyrrole nitrogens is 1. The Morgan fingerprint density at radius 2 is 2.26 bits per heavy atom. The summed E-state index contributed by atoms with van der Waals surface area (Å²) in [5.74, 6) is 0.480. The number of nitrogen functional groups attached to an aromatic ring is 1. The number of anilines is 2. The number of sulfonamides is 1. The van der Waals surface area contributed by atoms with Gasteiger partial charge < -0.3 is 5.73 Å². The van der Waals surface area contributed by atoms with E-state index in [1.165, 1.54) is 24.2 Å². The van der Waals surface area contributed by atoms with E-state index >= 15 is 0 Å². The van der Waals surface area contributed by atoms with E-state index in [1.807, 2.05) is 18.2 Å². The zero-order valence-corrected chi connectivity index (χ0v) is 11.7. The summed E-state index contributed by atoms with van der Waals surface area (Å²) in [6.45, 7) is 0. The van der Waals surface area contributed by atoms with E-state index in [2.05, 4.69) is 14.9 Å². The second-order valence-electron chi connectivity index (χ2n) is 3.83. The van der Waals surface area contributed by atoms with Crippen LogP contribution in [0.2, 0.25) is 0 Å². The van der Waals surface area contributed by atoms with Gasteiger partial charge >= 0.3 is 0 Å². The van der Waals surface area contributed by atoms with Crippen molar-refractivity contribution in [1.29, 1.82) is 0 Å². The summed E-state index contributed by atoms with van der Waals surface area (Å²) in [7, 11) is -3.35. The first-order chi connectivity index (χ1) is 9.05. The third kappa shape index (κ3) is 4.49. The maximum absolute atomic E-state index is 11.8. The Kier molecular flexibility index (Phi) is 4.33. The number of benzene rings is 1. The van der Waals surface area contributed by atoms with Gasteiger partial charge in [0, 0.05) is 22.5 Å². The second-order valence-corrected chi connectivity index (χ2v) is 6.84. The lowest BCUT2D eigenvalue weighted by atomic mass is 10.3. The van der Waals surface area contributed by atoms with E-state index in [1.54, 1.807) is 6.07 Å². The molecule has 0 fully saturated rings. The summed E-state index contributed by atoms with van der Waals surface area (Å²) >= 11 is 1.45. The van der Waals surface area contributed by atoms with Gasteiger partial charge in [0.2, 0.25) is 10.0 Å². The first kappa shape index (κ1) is 13.8. The van der Waals surface area contributed by atoms with Crippen LogP contribution in [0.15, 0.2) is 41.6 Å². The van der Waals surface area contributed by atoms with Crippen molar-refractivity contribution >= 4 is 33.2 Å². The predicted molar refractivity (Wildman–Crippen MR) is 77.6 cm³/mol. The van der Waals surface area contributed by atoms with E-state index in [4.69, 9.17) is 5.73 Å². The second kappa shape index (κ2) is 5.98. The molecule has 0 radical (unpaired) electrons. The number of hydrogen-bond donors (Lipinski definition) is 3. The van der Waals surface area contributed by atoms with Crippen LogP contribution in [0.1, 0.15) is 0 Å². The van der Waals surface area contributed by atoms with Crippen LogP contribution >= 0.6 is 11.8 Å². The molecule has 1 aromatic heterocycles. The average Bonchev–Trinajstić information content (AvgIpc) is 2.80. The predicted octanol–water partition coefficient (Wildman–Crippen LogP) is 1.53. The lowest BCUT2D eigenvalue weighted by Crippen LogP contribution is -2.17. The van der Waals surface area contributed by atoms with Crippen LogP contribution in [0, 0.1) is 0 Å². The molecule has 2 aromatic rings. The molecule has 0 spiro atoms. The molecule has 4 N–H and O–H groups in total. The number of nitrogens with two attached hydrogens (primary N) is 1. The van der Waals surface area contributed by atoms with Gasteiger partial charge in [0.1, 0.15) is 0 Å². The molecule has 0 atom stereocenters. The molecule has 1 aromatic carbocycles. The zero-order chi connectivity index (χ0) is 13.7. The molecule has 0 amide bonds. The van der Waals surface area contributed by atoms with Crippen LogP contribution < -0.4 is 10.5 Å². The number of nitrogens with zero attached hydrogens (tertiary/aromatic N) is 1. The van der Waals surface area contributed by atoms with Crippen LogP contribution in [0.5, 0.6) is 0 Å². The van der Waals surface area contributed by atoms with Crippen LogP contribution in [0.3, 0.4) is 0 Å². The van der Waals surface area contributed by atoms with E-state index in [-0.39, 0.29) is 5.75 Å². The van der Waals surface area contributed by atoms with Gasteiger partial charge in [-0.1, -0.05) is 6.07 Å². The highest BCUT2D eigenvalue weighted by molar-refractivity contribution is 8.01. The highest BCUT2D eigenvalue weighted by Crippen LogP contribution is 2.20. The molecule has 2 rings (SSSR count). The average molecular weight is 298 g/mol. The number of nitrogens with one attached hydrogen (secondary N) is 2. The summed E-state index contributed by atoms with van der Waals surface area (Å²) in [5, 5.41) is 6.22. The SMILES string of the molecule is Nc1cccc(SCCS(=O)(=O)Nc2cn[nH]c2)c1. The van der Waals surface area contributed by atoms with Crippen molar-refractivity contribution in [2.24, 2.45) is 0 Å². The summed E-state index contributed by atoms with van der Waals surface area (Å²) in [6, 6.07) is 7.36. The van der Waals surface area contributed by atoms with Crippen LogP contribution in [0.4, 0.5) is 11.4 Å². The topological polar surface area (TPSA) is 101 Å². The Bertz CT molecular complexity index is 626. The smallest absolute Gasteiger partial charge is 0.233 e. The van der Waals surface area contributed by atoms with Gasteiger partial charge in [0.25, 0.3) is 0 Å². The van der Waals surface area contributed by atoms with Gasteiger partial charge in [-0.25, -0.2) is 8.42 Å². The van der Waals surface area contributed by atoms with Gasteiger partial charge in [0.05, 0.1) is 17.6 Å². The van der Waals surface area contributed by atoms with Gasteiger partial charge in [-0.3, -0.25) is 9.82 Å². The van der Waals surface area contributed by atoms with Crippen molar-refractivity contribution in [1.82, 2.24) is 10.2 Å². The Morgan fingerprint density at radius 3 is 2.95 bits per heavy atom. The quantitative estimate of drug-likeness (QED) is 0.554. The fraction of sp³-hybridized carbons (Fsp3) is 0.182. The fourth-order valence-electron chi connectivity index (χ4n) is 1.41. The molecule has 19 heavy (non-hydrogen) atoms. The maximum atomic E-state index is 11.8. The highest BCUT2D eigenvalue weighted by Gasteiger charge is 2.11. The third-order valence-corrected chi connectivity index (χ3v) is 4.79. The van der Waals surface area contributed by atoms with Crippen LogP contribution in [0.25, 0.3) is 0 Å². The molecule has 0 aliphatic rings. The molecule has 0 aliphatic carbocycles. The van der Waals surface area contributed by atoms with Crippen LogP contribution in [-0.4, -0.2) is 30.1 Å². The third-order valence-electron chi connectivity index (χ3n) is 2.25. The molecule has 0 saturated heterocycles. The van der Waals surface area contributed by atoms with Crippen molar-refractivity contribution in [2.75, 3.05) is 22.0 Å². The first-order valence-electron chi connectivity index (χ1n) is 5.53. The molecule has 0 unspecified atom stereocenters. The number of rotatable bonds is 6. The summed E-state index contributed by atoms with van der Waals surface area (Å²) in [5.41, 5.74) is 6.76. The minimum atomic E-state index is -3.35. The summed E-state index contributed by atoms with van der Waals surface area (Å²) in [6.07, 6.45) is 2.91. The Balaban J connectivity index is 1.85. The fourth-order valence-corrected chi connectivity index (χ4v) is 3.82. The molecule has 6 nitrogen and oxygen atoms in total. The lowest BCUT2D eigenvalue weighted by Gasteiger charge is -2.06. The molecular formula is C11H14N4O2S2. The molecule has 1 heterocycles. The lowest BCUT2D eigenvalue weighted by molar-refractivity contribution is 0.602. The molecule has 0 bridgehead atoms. The van der Waals surface area contributed by atoms with Crippen LogP contribution in [-0.2, 0) is 10.0 Å². The van der Waals surface area contributed by atoms with Gasteiger partial charge in [-0.15, -0.1) is 11.8 Å². The molecular weight excluding hydrogens is 284 g/mol. The summed E-state index contributed by atoms with van der Waals surface area (Å²) < 4.78 is 26.0. The van der Waals surface area contributed by atoms with E-state index in [0.29, 0.717) is 17.1 Å². The van der Waals surface area contributed by atoms with Crippen molar-refractivity contribution in [3.05, 3.63) is 36.7 Å². The summed E-state index contributed by atoms with van der Waals surface area (Å²) in [4.78, 5) is 0.957. The normalized spacial score (nSPS) is 11.4. The number of hydrogen-bond acceptors (Lipinski definition) is 5. The monoisotopic (exact) mass is 298 g/mol. The highest BCUT2D eigenvalue weighted by atomic mass is 32.2. The van der Waals surface area contributed by atoms with Gasteiger partial charge in [-0.05, 0) is 18.2 Å². The van der Waals surface area contributed by atoms with Crippen molar-refractivity contribution in [3.63, 3.8) is 0 Å². The molecule has 0 aliphatic heterocycles. The van der Waals surface area contributed by atoms with Gasteiger partial charge in [-0.2, -0.15) is 5.10 Å². The number of thioether (sulfide) groups is 1. The minimum Gasteiger partial charge on any atom is -0.399 e. The maximum Gasteiger partial charge on any atom is 0.233 e. The first-order valence-corrected chi connectivity index (χ1v) is 8.16. The molecule has 102 valence electrons. The number of aromatic amines is 1. The van der Waals surface area contributed by atoms with E-state index in [9.17, 15) is 8.42 Å².